The van der Waals surface area contributed by atoms with Gasteiger partial charge in [0.05, 0.1) is 6.61 Å². The predicted molar refractivity (Wildman–Crippen MR) is 75.4 cm³/mol. The molecule has 0 radical (unpaired) electrons. The van der Waals surface area contributed by atoms with Crippen LogP contribution in [0.3, 0.4) is 0 Å². The molecule has 22 heavy (non-hydrogen) atoms. The summed E-state index contributed by atoms with van der Waals surface area (Å²) in [5.41, 5.74) is -1.20. The van der Waals surface area contributed by atoms with Gasteiger partial charge >= 0.3 is 5.69 Å². The minimum absolute atomic E-state index is 0.219. The average Bonchev–Trinajstić information content (AvgIpc) is 2.69. The van der Waals surface area contributed by atoms with Crippen molar-refractivity contribution in [3.63, 3.8) is 0 Å². The van der Waals surface area contributed by atoms with Crippen LogP contribution in [-0.4, -0.2) is 50.1 Å². The number of halogens is 2. The lowest BCUT2D eigenvalue weighted by Gasteiger charge is -2.26. The number of aromatic amines is 1. The molecule has 1 saturated heterocycles. The fourth-order valence-corrected chi connectivity index (χ4v) is 2.72. The van der Waals surface area contributed by atoms with Gasteiger partial charge in [0, 0.05) is 11.8 Å². The SMILES string of the molecule is Cc1cc(=O)[nH]c(=O)n1[C@@H]1OC(CO)C(O)[C@]1(Cl)C#CCF. The van der Waals surface area contributed by atoms with Gasteiger partial charge in [-0.3, -0.25) is 14.3 Å². The van der Waals surface area contributed by atoms with E-state index in [0.29, 0.717) is 0 Å². The van der Waals surface area contributed by atoms with Gasteiger partial charge in [0.2, 0.25) is 0 Å². The average molecular weight is 333 g/mol. The molecular formula is C13H14ClFN2O5. The number of ether oxygens (including phenoxy) is 1. The first-order valence-corrected chi connectivity index (χ1v) is 6.74. The molecule has 0 aliphatic carbocycles. The van der Waals surface area contributed by atoms with E-state index in [2.05, 4.69) is 11.8 Å². The fraction of sp³-hybridized carbons (Fsp3) is 0.538. The van der Waals surface area contributed by atoms with Crippen LogP contribution in [0.4, 0.5) is 4.39 Å². The van der Waals surface area contributed by atoms with Gasteiger partial charge in [0.15, 0.2) is 11.1 Å². The van der Waals surface area contributed by atoms with Crippen LogP contribution in [0.1, 0.15) is 11.9 Å². The van der Waals surface area contributed by atoms with Crippen LogP contribution in [0.15, 0.2) is 15.7 Å². The normalized spacial score (nSPS) is 30.9. The largest absolute Gasteiger partial charge is 0.394 e. The second-order valence-corrected chi connectivity index (χ2v) is 5.43. The van der Waals surface area contributed by atoms with Crippen LogP contribution >= 0.6 is 11.6 Å². The van der Waals surface area contributed by atoms with Crippen LogP contribution in [-0.2, 0) is 4.74 Å². The molecule has 7 nitrogen and oxygen atoms in total. The molecule has 1 aliphatic rings. The van der Waals surface area contributed by atoms with E-state index in [4.69, 9.17) is 16.3 Å². The molecule has 2 heterocycles. The molecule has 0 amide bonds. The molecule has 9 heteroatoms. The Labute approximate surface area is 129 Å². The molecule has 4 atom stereocenters. The highest BCUT2D eigenvalue weighted by Crippen LogP contribution is 2.42. The van der Waals surface area contributed by atoms with E-state index in [9.17, 15) is 24.2 Å². The summed E-state index contributed by atoms with van der Waals surface area (Å²) in [6.45, 7) is -0.101. The number of alkyl halides is 2. The summed E-state index contributed by atoms with van der Waals surface area (Å²) in [6.07, 6.45) is -3.86. The number of aryl methyl sites for hydroxylation is 1. The van der Waals surface area contributed by atoms with Crippen molar-refractivity contribution < 1.29 is 19.3 Å². The number of aromatic nitrogens is 2. The minimum Gasteiger partial charge on any atom is -0.394 e. The lowest BCUT2D eigenvalue weighted by molar-refractivity contribution is -0.0471. The van der Waals surface area contributed by atoms with Gasteiger partial charge in [0.1, 0.15) is 18.9 Å². The summed E-state index contributed by atoms with van der Waals surface area (Å²) in [5, 5.41) is 19.4. The van der Waals surface area contributed by atoms with Crippen LogP contribution in [0.2, 0.25) is 0 Å². The van der Waals surface area contributed by atoms with Crippen LogP contribution in [0.5, 0.6) is 0 Å². The molecule has 2 unspecified atom stereocenters. The third kappa shape index (κ3) is 2.68. The Morgan fingerprint density at radius 1 is 1.59 bits per heavy atom. The number of hydrogen-bond donors (Lipinski definition) is 3. The first kappa shape index (κ1) is 16.7. The van der Waals surface area contributed by atoms with E-state index in [0.717, 1.165) is 10.6 Å². The zero-order valence-corrected chi connectivity index (χ0v) is 12.3. The zero-order chi connectivity index (χ0) is 16.5. The molecule has 120 valence electrons. The fourth-order valence-electron chi connectivity index (χ4n) is 2.36. The number of rotatable bonds is 2. The summed E-state index contributed by atoms with van der Waals surface area (Å²) in [6, 6.07) is 1.14. The van der Waals surface area contributed by atoms with Gasteiger partial charge < -0.3 is 14.9 Å². The number of nitrogens with zero attached hydrogens (tertiary/aromatic N) is 1. The van der Waals surface area contributed by atoms with Gasteiger partial charge in [0.25, 0.3) is 5.56 Å². The van der Waals surface area contributed by atoms with Crippen LogP contribution < -0.4 is 11.2 Å². The molecule has 0 saturated carbocycles. The standard InChI is InChI=1S/C13H14ClFN2O5/c1-7-5-9(19)16-12(21)17(7)11-13(14,3-2-4-15)10(20)8(6-18)22-11/h5,8,10-11,18,20H,4,6H2,1H3,(H,16,19,21)/t8?,10?,11-,13-/m1/s1. The van der Waals surface area contributed by atoms with E-state index in [-0.39, 0.29) is 5.69 Å². The quantitative estimate of drug-likeness (QED) is 0.478. The maximum absolute atomic E-state index is 12.3. The zero-order valence-electron chi connectivity index (χ0n) is 11.5. The lowest BCUT2D eigenvalue weighted by Crippen LogP contribution is -2.45. The number of aliphatic hydroxyl groups is 2. The van der Waals surface area contributed by atoms with Crippen molar-refractivity contribution in [1.29, 1.82) is 0 Å². The maximum Gasteiger partial charge on any atom is 0.330 e. The van der Waals surface area contributed by atoms with Gasteiger partial charge in [-0.1, -0.05) is 23.4 Å². The topological polar surface area (TPSA) is 105 Å². The number of hydrogen-bond acceptors (Lipinski definition) is 5. The Morgan fingerprint density at radius 3 is 2.82 bits per heavy atom. The van der Waals surface area contributed by atoms with E-state index < -0.39 is 47.8 Å². The summed E-state index contributed by atoms with van der Waals surface area (Å²) in [5.74, 6) is 4.44. The third-order valence-corrected chi connectivity index (χ3v) is 3.88. The highest BCUT2D eigenvalue weighted by molar-refractivity contribution is 6.27. The minimum atomic E-state index is -1.84. The molecule has 0 bridgehead atoms. The Bertz CT molecular complexity index is 736. The van der Waals surface area contributed by atoms with E-state index in [1.165, 1.54) is 6.92 Å². The molecule has 2 rings (SSSR count). The van der Waals surface area contributed by atoms with Crippen molar-refractivity contribution in [2.75, 3.05) is 13.3 Å². The highest BCUT2D eigenvalue weighted by Gasteiger charge is 2.56. The van der Waals surface area contributed by atoms with Crippen molar-refractivity contribution in [3.8, 4) is 11.8 Å². The highest BCUT2D eigenvalue weighted by atomic mass is 35.5. The second kappa shape index (κ2) is 6.22. The Balaban J connectivity index is 2.62. The second-order valence-electron chi connectivity index (χ2n) is 4.81. The Hall–Kier alpha value is -1.66. The molecule has 1 aliphatic heterocycles. The molecule has 3 N–H and O–H groups in total. The van der Waals surface area contributed by atoms with Gasteiger partial charge in [-0.05, 0) is 6.92 Å². The van der Waals surface area contributed by atoms with Crippen LogP contribution in [0.25, 0.3) is 0 Å². The summed E-state index contributed by atoms with van der Waals surface area (Å²) >= 11 is 6.28. The number of aliphatic hydroxyl groups excluding tert-OH is 2. The number of nitrogens with one attached hydrogen (secondary N) is 1. The smallest absolute Gasteiger partial charge is 0.330 e. The van der Waals surface area contributed by atoms with Crippen molar-refractivity contribution in [2.24, 2.45) is 0 Å². The monoisotopic (exact) mass is 332 g/mol. The molecule has 0 spiro atoms. The van der Waals surface area contributed by atoms with Crippen molar-refractivity contribution in [1.82, 2.24) is 9.55 Å². The van der Waals surface area contributed by atoms with Crippen molar-refractivity contribution in [2.45, 2.75) is 30.2 Å². The lowest BCUT2D eigenvalue weighted by atomic mass is 9.99. The Kier molecular flexibility index (Phi) is 4.72. The van der Waals surface area contributed by atoms with Crippen molar-refractivity contribution in [3.05, 3.63) is 32.6 Å². The molecular weight excluding hydrogens is 319 g/mol. The van der Waals surface area contributed by atoms with E-state index >= 15 is 0 Å². The van der Waals surface area contributed by atoms with Gasteiger partial charge in [-0.25, -0.2) is 9.18 Å². The molecule has 1 fully saturated rings. The number of H-pyrrole nitrogens is 1. The van der Waals surface area contributed by atoms with E-state index in [1.807, 2.05) is 4.98 Å². The van der Waals surface area contributed by atoms with Crippen LogP contribution in [0, 0.1) is 18.8 Å². The molecule has 1 aromatic heterocycles. The van der Waals surface area contributed by atoms with Crippen molar-refractivity contribution >= 4 is 11.6 Å². The first-order chi connectivity index (χ1) is 10.3. The summed E-state index contributed by atoms with van der Waals surface area (Å²) in [4.78, 5) is 23.5. The first-order valence-electron chi connectivity index (χ1n) is 6.37. The maximum atomic E-state index is 12.3. The van der Waals surface area contributed by atoms with E-state index in [1.54, 1.807) is 0 Å². The molecule has 0 aromatic carbocycles. The summed E-state index contributed by atoms with van der Waals surface area (Å²) in [7, 11) is 0. The third-order valence-electron chi connectivity index (χ3n) is 3.38. The molecule has 1 aromatic rings. The summed E-state index contributed by atoms with van der Waals surface area (Å²) < 4.78 is 18.8. The van der Waals surface area contributed by atoms with Gasteiger partial charge in [-0.2, -0.15) is 0 Å². The predicted octanol–water partition coefficient (Wildman–Crippen LogP) is -0.954. The van der Waals surface area contributed by atoms with Gasteiger partial charge in [-0.15, -0.1) is 0 Å². The Morgan fingerprint density at radius 2 is 2.27 bits per heavy atom.